The van der Waals surface area contributed by atoms with E-state index in [0.717, 1.165) is 6.26 Å². The summed E-state index contributed by atoms with van der Waals surface area (Å²) in [6.07, 6.45) is 3.40. The third-order valence-corrected chi connectivity index (χ3v) is 5.32. The van der Waals surface area contributed by atoms with Crippen LogP contribution in [0.25, 0.3) is 0 Å². The van der Waals surface area contributed by atoms with Crippen LogP contribution in [0.5, 0.6) is 5.75 Å². The van der Waals surface area contributed by atoms with Gasteiger partial charge in [0.1, 0.15) is 5.75 Å². The summed E-state index contributed by atoms with van der Waals surface area (Å²) in [5.74, 6) is -0.711. The minimum atomic E-state index is -3.21. The van der Waals surface area contributed by atoms with Crippen molar-refractivity contribution in [3.8, 4) is 5.75 Å². The van der Waals surface area contributed by atoms with E-state index >= 15 is 0 Å². The molecule has 7 nitrogen and oxygen atoms in total. The van der Waals surface area contributed by atoms with Crippen molar-refractivity contribution in [2.24, 2.45) is 5.92 Å². The SMILES string of the molecule is CS(=O)(=O)c1ccc(OCCCCC(=O)N2CC[C@H](C(=O)O)C2)cc1. The summed E-state index contributed by atoms with van der Waals surface area (Å²) in [5, 5.41) is 8.94. The van der Waals surface area contributed by atoms with E-state index < -0.39 is 21.7 Å². The summed E-state index contributed by atoms with van der Waals surface area (Å²) >= 11 is 0. The number of rotatable bonds is 8. The van der Waals surface area contributed by atoms with Crippen LogP contribution in [0.1, 0.15) is 25.7 Å². The predicted octanol–water partition coefficient (Wildman–Crippen LogP) is 1.57. The third kappa shape index (κ3) is 5.74. The molecule has 138 valence electrons. The number of nitrogens with zero attached hydrogens (tertiary/aromatic N) is 1. The van der Waals surface area contributed by atoms with Crippen LogP contribution < -0.4 is 4.74 Å². The van der Waals surface area contributed by atoms with Crippen LogP contribution in [-0.4, -0.2) is 56.3 Å². The van der Waals surface area contributed by atoms with Gasteiger partial charge in [-0.15, -0.1) is 0 Å². The van der Waals surface area contributed by atoms with Gasteiger partial charge in [0.05, 0.1) is 17.4 Å². The number of carbonyl (C=O) groups excluding carboxylic acids is 1. The average Bonchev–Trinajstić information content (AvgIpc) is 3.04. The van der Waals surface area contributed by atoms with Crippen LogP contribution in [-0.2, 0) is 19.4 Å². The van der Waals surface area contributed by atoms with Crippen LogP contribution in [0.3, 0.4) is 0 Å². The summed E-state index contributed by atoms with van der Waals surface area (Å²) < 4.78 is 28.3. The maximum Gasteiger partial charge on any atom is 0.308 e. The van der Waals surface area contributed by atoms with Gasteiger partial charge in [0.25, 0.3) is 0 Å². The standard InChI is InChI=1S/C17H23NO6S/c1-25(22,23)15-7-5-14(6-8-15)24-11-3-2-4-16(19)18-10-9-13(12-18)17(20)21/h5-8,13H,2-4,9-12H2,1H3,(H,20,21)/t13-/m0/s1. The number of ether oxygens (including phenoxy) is 1. The Morgan fingerprint density at radius 3 is 2.48 bits per heavy atom. The lowest BCUT2D eigenvalue weighted by molar-refractivity contribution is -0.141. The molecule has 1 saturated heterocycles. The molecule has 1 amide bonds. The predicted molar refractivity (Wildman–Crippen MR) is 91.2 cm³/mol. The van der Waals surface area contributed by atoms with E-state index in [1.54, 1.807) is 17.0 Å². The first-order chi connectivity index (χ1) is 11.8. The van der Waals surface area contributed by atoms with E-state index in [1.807, 2.05) is 0 Å². The lowest BCUT2D eigenvalue weighted by Crippen LogP contribution is -2.29. The number of benzene rings is 1. The van der Waals surface area contributed by atoms with Crippen molar-refractivity contribution in [2.45, 2.75) is 30.6 Å². The molecule has 0 aromatic heterocycles. The van der Waals surface area contributed by atoms with Gasteiger partial charge >= 0.3 is 5.97 Å². The van der Waals surface area contributed by atoms with Gasteiger partial charge in [0.2, 0.25) is 5.91 Å². The second-order valence-electron chi connectivity index (χ2n) is 6.21. The smallest absolute Gasteiger partial charge is 0.308 e. The lowest BCUT2D eigenvalue weighted by atomic mass is 10.1. The molecule has 1 aromatic carbocycles. The number of amides is 1. The van der Waals surface area contributed by atoms with E-state index in [2.05, 4.69) is 0 Å². The van der Waals surface area contributed by atoms with E-state index in [1.165, 1.54) is 12.1 Å². The van der Waals surface area contributed by atoms with Gasteiger partial charge in [0, 0.05) is 25.8 Å². The van der Waals surface area contributed by atoms with E-state index in [9.17, 15) is 18.0 Å². The Labute approximate surface area is 147 Å². The molecular formula is C17H23NO6S. The molecule has 1 atom stereocenters. The molecule has 2 rings (SSSR count). The number of carbonyl (C=O) groups is 2. The number of carboxylic acids is 1. The van der Waals surface area contributed by atoms with E-state index in [-0.39, 0.29) is 10.8 Å². The third-order valence-electron chi connectivity index (χ3n) is 4.20. The van der Waals surface area contributed by atoms with Crippen LogP contribution >= 0.6 is 0 Å². The summed E-state index contributed by atoms with van der Waals surface area (Å²) in [6, 6.07) is 6.22. The molecule has 25 heavy (non-hydrogen) atoms. The summed E-state index contributed by atoms with van der Waals surface area (Å²) in [6.45, 7) is 1.25. The molecular weight excluding hydrogens is 346 g/mol. The number of hydrogen-bond acceptors (Lipinski definition) is 5. The Morgan fingerprint density at radius 2 is 1.92 bits per heavy atom. The molecule has 0 saturated carbocycles. The molecule has 1 aliphatic heterocycles. The Kier molecular flexibility index (Phi) is 6.41. The fourth-order valence-electron chi connectivity index (χ4n) is 2.70. The fraction of sp³-hybridized carbons (Fsp3) is 0.529. The molecule has 8 heteroatoms. The quantitative estimate of drug-likeness (QED) is 0.698. The van der Waals surface area contributed by atoms with Gasteiger partial charge in [-0.3, -0.25) is 9.59 Å². The minimum Gasteiger partial charge on any atom is -0.494 e. The van der Waals surface area contributed by atoms with E-state index in [4.69, 9.17) is 9.84 Å². The lowest BCUT2D eigenvalue weighted by Gasteiger charge is -2.15. The van der Waals surface area contributed by atoms with Crippen molar-refractivity contribution < 1.29 is 27.9 Å². The fourth-order valence-corrected chi connectivity index (χ4v) is 3.33. The highest BCUT2D eigenvalue weighted by Crippen LogP contribution is 2.18. The van der Waals surface area contributed by atoms with Gasteiger partial charge in [0.15, 0.2) is 9.84 Å². The van der Waals surface area contributed by atoms with Gasteiger partial charge in [-0.1, -0.05) is 0 Å². The zero-order valence-corrected chi connectivity index (χ0v) is 15.0. The summed E-state index contributed by atoms with van der Waals surface area (Å²) in [5.41, 5.74) is 0. The largest absolute Gasteiger partial charge is 0.494 e. The van der Waals surface area contributed by atoms with Crippen LogP contribution in [0.4, 0.5) is 0 Å². The van der Waals surface area contributed by atoms with E-state index in [0.29, 0.717) is 51.1 Å². The number of likely N-dealkylation sites (tertiary alicyclic amines) is 1. The first-order valence-electron chi connectivity index (χ1n) is 8.21. The van der Waals surface area contributed by atoms with Crippen molar-refractivity contribution >= 4 is 21.7 Å². The van der Waals surface area contributed by atoms with Crippen molar-refractivity contribution in [1.82, 2.24) is 4.90 Å². The first-order valence-corrected chi connectivity index (χ1v) is 10.1. The monoisotopic (exact) mass is 369 g/mol. The van der Waals surface area contributed by atoms with Gasteiger partial charge < -0.3 is 14.7 Å². The zero-order valence-electron chi connectivity index (χ0n) is 14.2. The topological polar surface area (TPSA) is 101 Å². The highest BCUT2D eigenvalue weighted by Gasteiger charge is 2.30. The van der Waals surface area contributed by atoms with Gasteiger partial charge in [-0.2, -0.15) is 0 Å². The van der Waals surface area contributed by atoms with Gasteiger partial charge in [-0.25, -0.2) is 8.42 Å². The second kappa shape index (κ2) is 8.33. The molecule has 0 unspecified atom stereocenters. The summed E-state index contributed by atoms with van der Waals surface area (Å²) in [4.78, 5) is 24.8. The molecule has 1 heterocycles. The van der Waals surface area contributed by atoms with Crippen LogP contribution in [0.15, 0.2) is 29.2 Å². The number of carboxylic acid groups (broad SMARTS) is 1. The Bertz CT molecular complexity index is 713. The zero-order chi connectivity index (χ0) is 18.4. The Balaban J connectivity index is 1.65. The highest BCUT2D eigenvalue weighted by molar-refractivity contribution is 7.90. The molecule has 1 fully saturated rings. The normalized spacial score (nSPS) is 17.5. The molecule has 0 radical (unpaired) electrons. The van der Waals surface area contributed by atoms with Crippen LogP contribution in [0, 0.1) is 5.92 Å². The number of unbranched alkanes of at least 4 members (excludes halogenated alkanes) is 1. The van der Waals surface area contributed by atoms with Crippen molar-refractivity contribution in [3.05, 3.63) is 24.3 Å². The summed E-state index contributed by atoms with van der Waals surface area (Å²) in [7, 11) is -3.21. The number of aliphatic carboxylic acids is 1. The molecule has 1 aromatic rings. The maximum atomic E-state index is 12.0. The Morgan fingerprint density at radius 1 is 1.24 bits per heavy atom. The molecule has 0 spiro atoms. The minimum absolute atomic E-state index is 0.0127. The average molecular weight is 369 g/mol. The van der Waals surface area contributed by atoms with Crippen molar-refractivity contribution in [2.75, 3.05) is 26.0 Å². The number of hydrogen-bond donors (Lipinski definition) is 1. The first kappa shape index (κ1) is 19.2. The number of sulfone groups is 1. The van der Waals surface area contributed by atoms with Gasteiger partial charge in [-0.05, 0) is 43.5 Å². The second-order valence-corrected chi connectivity index (χ2v) is 8.23. The van der Waals surface area contributed by atoms with Crippen molar-refractivity contribution in [3.63, 3.8) is 0 Å². The maximum absolute atomic E-state index is 12.0. The molecule has 1 N–H and O–H groups in total. The molecule has 0 bridgehead atoms. The van der Waals surface area contributed by atoms with Crippen LogP contribution in [0.2, 0.25) is 0 Å². The highest BCUT2D eigenvalue weighted by atomic mass is 32.2. The molecule has 0 aliphatic carbocycles. The molecule has 1 aliphatic rings. The van der Waals surface area contributed by atoms with Crippen molar-refractivity contribution in [1.29, 1.82) is 0 Å². The Hall–Kier alpha value is -2.09.